The van der Waals surface area contributed by atoms with E-state index in [1.165, 1.54) is 5.56 Å². The van der Waals surface area contributed by atoms with Crippen LogP contribution in [0.3, 0.4) is 0 Å². The Morgan fingerprint density at radius 1 is 1.31 bits per heavy atom. The fourth-order valence-corrected chi connectivity index (χ4v) is 1.74. The lowest BCUT2D eigenvalue weighted by atomic mass is 10.1. The third kappa shape index (κ3) is 4.73. The molecule has 0 heterocycles. The molecule has 0 aromatic heterocycles. The van der Waals surface area contributed by atoms with Crippen molar-refractivity contribution < 1.29 is 0 Å². The van der Waals surface area contributed by atoms with Gasteiger partial charge in [-0.15, -0.1) is 11.8 Å². The average Bonchev–Trinajstić information content (AvgIpc) is 2.14. The van der Waals surface area contributed by atoms with E-state index in [1.807, 2.05) is 13.0 Å². The Morgan fingerprint density at radius 2 is 2.00 bits per heavy atom. The summed E-state index contributed by atoms with van der Waals surface area (Å²) in [6, 6.07) is 10.5. The maximum absolute atomic E-state index is 7.24. The zero-order valence-corrected chi connectivity index (χ0v) is 8.73. The maximum Gasteiger partial charge on any atom is 0.0610 e. The van der Waals surface area contributed by atoms with E-state index in [4.69, 9.17) is 5.41 Å². The molecule has 1 aromatic carbocycles. The molecule has 0 aliphatic heterocycles. The van der Waals surface area contributed by atoms with Crippen LogP contribution >= 0.6 is 11.8 Å². The van der Waals surface area contributed by atoms with Gasteiger partial charge in [0.1, 0.15) is 0 Å². The molecule has 0 fully saturated rings. The number of hydrogen-bond acceptors (Lipinski definition) is 2. The Kier molecular flexibility index (Phi) is 4.61. The summed E-state index contributed by atoms with van der Waals surface area (Å²) in [6.07, 6.45) is 2.28. The Hall–Kier alpha value is -0.760. The molecule has 0 atom stereocenters. The number of rotatable bonds is 4. The molecule has 1 N–H and O–H groups in total. The van der Waals surface area contributed by atoms with E-state index < -0.39 is 0 Å². The van der Waals surface area contributed by atoms with E-state index in [-0.39, 0.29) is 0 Å². The first-order valence-electron chi connectivity index (χ1n) is 4.51. The predicted octanol–water partition coefficient (Wildman–Crippen LogP) is 3.35. The second-order valence-electron chi connectivity index (χ2n) is 2.99. The van der Waals surface area contributed by atoms with Gasteiger partial charge in [-0.3, -0.25) is 5.41 Å². The predicted molar refractivity (Wildman–Crippen MR) is 60.6 cm³/mol. The summed E-state index contributed by atoms with van der Waals surface area (Å²) in [7, 11) is 0. The van der Waals surface area contributed by atoms with Crippen molar-refractivity contribution in [3.63, 3.8) is 0 Å². The van der Waals surface area contributed by atoms with Gasteiger partial charge < -0.3 is 0 Å². The van der Waals surface area contributed by atoms with Gasteiger partial charge in [0.05, 0.1) is 5.04 Å². The molecule has 2 heteroatoms. The zero-order valence-electron chi connectivity index (χ0n) is 7.92. The minimum atomic E-state index is 0.716. The molecule has 0 spiro atoms. The van der Waals surface area contributed by atoms with Gasteiger partial charge in [-0.1, -0.05) is 30.3 Å². The smallest absolute Gasteiger partial charge is 0.0610 e. The highest BCUT2D eigenvalue weighted by molar-refractivity contribution is 8.13. The molecule has 0 saturated heterocycles. The van der Waals surface area contributed by atoms with Gasteiger partial charge in [-0.2, -0.15) is 0 Å². The summed E-state index contributed by atoms with van der Waals surface area (Å²) >= 11 is 1.63. The second kappa shape index (κ2) is 5.81. The van der Waals surface area contributed by atoms with Crippen molar-refractivity contribution in [1.29, 1.82) is 5.41 Å². The normalized spacial score (nSPS) is 9.92. The fraction of sp³-hybridized carbons (Fsp3) is 0.364. The lowest BCUT2D eigenvalue weighted by molar-refractivity contribution is 0.935. The van der Waals surface area contributed by atoms with Crippen LogP contribution < -0.4 is 0 Å². The van der Waals surface area contributed by atoms with Crippen LogP contribution in [0.5, 0.6) is 0 Å². The molecular formula is C11H15NS. The molecule has 0 amide bonds. The highest BCUT2D eigenvalue weighted by Gasteiger charge is 1.93. The quantitative estimate of drug-likeness (QED) is 0.442. The second-order valence-corrected chi connectivity index (χ2v) is 4.30. The van der Waals surface area contributed by atoms with Crippen molar-refractivity contribution in [2.45, 2.75) is 19.8 Å². The topological polar surface area (TPSA) is 23.9 Å². The highest BCUT2D eigenvalue weighted by atomic mass is 32.2. The average molecular weight is 193 g/mol. The Balaban J connectivity index is 2.17. The van der Waals surface area contributed by atoms with Gasteiger partial charge in [0.2, 0.25) is 0 Å². The molecule has 1 aromatic rings. The van der Waals surface area contributed by atoms with Crippen molar-refractivity contribution in [3.8, 4) is 0 Å². The van der Waals surface area contributed by atoms with Crippen LogP contribution in [0.1, 0.15) is 18.9 Å². The summed E-state index contributed by atoms with van der Waals surface area (Å²) in [6.45, 7) is 1.84. The maximum atomic E-state index is 7.24. The summed E-state index contributed by atoms with van der Waals surface area (Å²) in [5, 5.41) is 7.96. The fourth-order valence-electron chi connectivity index (χ4n) is 1.15. The van der Waals surface area contributed by atoms with E-state index in [9.17, 15) is 0 Å². The lowest BCUT2D eigenvalue weighted by Gasteiger charge is -2.00. The zero-order chi connectivity index (χ0) is 9.52. The standard InChI is InChI=1S/C11H15NS/c1-10(12)13-9-5-8-11-6-3-2-4-7-11/h2-4,6-7,12H,5,8-9H2,1H3. The first kappa shape index (κ1) is 10.3. The molecule has 0 unspecified atom stereocenters. The van der Waals surface area contributed by atoms with Crippen molar-refractivity contribution in [2.24, 2.45) is 0 Å². The molecular weight excluding hydrogens is 178 g/mol. The Bertz CT molecular complexity index is 256. The van der Waals surface area contributed by atoms with Crippen LogP contribution in [0.25, 0.3) is 0 Å². The molecule has 0 aliphatic rings. The van der Waals surface area contributed by atoms with Crippen molar-refractivity contribution in [2.75, 3.05) is 5.75 Å². The minimum absolute atomic E-state index is 0.716. The van der Waals surface area contributed by atoms with E-state index in [1.54, 1.807) is 11.8 Å². The molecule has 0 radical (unpaired) electrons. The summed E-state index contributed by atoms with van der Waals surface area (Å²) in [5.74, 6) is 1.06. The van der Waals surface area contributed by atoms with Gasteiger partial charge in [0, 0.05) is 0 Å². The van der Waals surface area contributed by atoms with Crippen LogP contribution in [0.15, 0.2) is 30.3 Å². The van der Waals surface area contributed by atoms with Gasteiger partial charge >= 0.3 is 0 Å². The largest absolute Gasteiger partial charge is 0.299 e. The molecule has 70 valence electrons. The first-order chi connectivity index (χ1) is 6.29. The summed E-state index contributed by atoms with van der Waals surface area (Å²) in [5.41, 5.74) is 1.39. The van der Waals surface area contributed by atoms with Crippen LogP contribution in [0.4, 0.5) is 0 Å². The van der Waals surface area contributed by atoms with Crippen molar-refractivity contribution >= 4 is 16.8 Å². The van der Waals surface area contributed by atoms with Crippen LogP contribution in [0, 0.1) is 5.41 Å². The van der Waals surface area contributed by atoms with Crippen molar-refractivity contribution in [3.05, 3.63) is 35.9 Å². The van der Waals surface area contributed by atoms with E-state index in [2.05, 4.69) is 24.3 Å². The number of nitrogens with one attached hydrogen (secondary N) is 1. The molecule has 0 bridgehead atoms. The van der Waals surface area contributed by atoms with Crippen LogP contribution in [-0.2, 0) is 6.42 Å². The molecule has 1 nitrogen and oxygen atoms in total. The van der Waals surface area contributed by atoms with E-state index in [0.29, 0.717) is 5.04 Å². The first-order valence-corrected chi connectivity index (χ1v) is 5.49. The third-order valence-corrected chi connectivity index (χ3v) is 2.70. The van der Waals surface area contributed by atoms with Gasteiger partial charge in [0.25, 0.3) is 0 Å². The summed E-state index contributed by atoms with van der Waals surface area (Å²) < 4.78 is 0. The molecule has 13 heavy (non-hydrogen) atoms. The number of hydrogen-bond donors (Lipinski definition) is 1. The lowest BCUT2D eigenvalue weighted by Crippen LogP contribution is -1.89. The molecule has 0 aliphatic carbocycles. The minimum Gasteiger partial charge on any atom is -0.299 e. The SMILES string of the molecule is CC(=N)SCCCc1ccccc1. The van der Waals surface area contributed by atoms with Crippen molar-refractivity contribution in [1.82, 2.24) is 0 Å². The number of thioether (sulfide) groups is 1. The van der Waals surface area contributed by atoms with E-state index >= 15 is 0 Å². The summed E-state index contributed by atoms with van der Waals surface area (Å²) in [4.78, 5) is 0. The highest BCUT2D eigenvalue weighted by Crippen LogP contribution is 2.08. The third-order valence-electron chi connectivity index (χ3n) is 1.77. The Morgan fingerprint density at radius 3 is 2.62 bits per heavy atom. The monoisotopic (exact) mass is 193 g/mol. The van der Waals surface area contributed by atoms with Crippen LogP contribution in [0.2, 0.25) is 0 Å². The molecule has 1 rings (SSSR count). The van der Waals surface area contributed by atoms with Gasteiger partial charge in [0.15, 0.2) is 0 Å². The van der Waals surface area contributed by atoms with Gasteiger partial charge in [-0.25, -0.2) is 0 Å². The van der Waals surface area contributed by atoms with Crippen LogP contribution in [-0.4, -0.2) is 10.8 Å². The van der Waals surface area contributed by atoms with Gasteiger partial charge in [-0.05, 0) is 31.1 Å². The molecule has 0 saturated carbocycles. The Labute approximate surface area is 84.1 Å². The number of benzene rings is 1. The van der Waals surface area contributed by atoms with E-state index in [0.717, 1.165) is 18.6 Å². The number of aryl methyl sites for hydroxylation is 1.